The Labute approximate surface area is 161 Å². The summed E-state index contributed by atoms with van der Waals surface area (Å²) in [6, 6.07) is 16.9. The Hall–Kier alpha value is -3.43. The Morgan fingerprint density at radius 2 is 1.89 bits per heavy atom. The first-order valence-corrected chi connectivity index (χ1v) is 9.07. The van der Waals surface area contributed by atoms with Gasteiger partial charge in [0.2, 0.25) is 0 Å². The molecule has 0 saturated carbocycles. The van der Waals surface area contributed by atoms with E-state index in [4.69, 9.17) is 4.74 Å². The molecule has 3 rings (SSSR count). The summed E-state index contributed by atoms with van der Waals surface area (Å²) in [6.45, 7) is 1.53. The van der Waals surface area contributed by atoms with Crippen LogP contribution in [0.3, 0.4) is 0 Å². The minimum Gasteiger partial charge on any atom is -0.497 e. The molecule has 0 bridgehead atoms. The highest BCUT2D eigenvalue weighted by atomic mass is 32.1. The summed E-state index contributed by atoms with van der Waals surface area (Å²) in [5.41, 5.74) is 3.65. The Morgan fingerprint density at radius 3 is 2.48 bits per heavy atom. The number of benzene rings is 2. The zero-order chi connectivity index (χ0) is 19.2. The average Bonchev–Trinajstić information content (AvgIpc) is 3.19. The second-order valence-electron chi connectivity index (χ2n) is 5.71. The number of nitrogens with zero attached hydrogens (tertiary/aromatic N) is 2. The topological polar surface area (TPSA) is 75.0 Å². The SMILES string of the molecule is COc1ccc(-c2csc(/C(C#N)=C/Nc3ccc(C(C)=O)cc3)n2)cc1. The molecule has 134 valence electrons. The fraction of sp³-hybridized carbons (Fsp3) is 0.0952. The van der Waals surface area contributed by atoms with Crippen molar-refractivity contribution in [2.45, 2.75) is 6.92 Å². The van der Waals surface area contributed by atoms with E-state index >= 15 is 0 Å². The lowest BCUT2D eigenvalue weighted by molar-refractivity contribution is 0.101. The second-order valence-corrected chi connectivity index (χ2v) is 6.57. The second kappa shape index (κ2) is 8.30. The molecule has 1 heterocycles. The first kappa shape index (κ1) is 18.4. The lowest BCUT2D eigenvalue weighted by Gasteiger charge is -2.02. The van der Waals surface area contributed by atoms with Gasteiger partial charge in [-0.25, -0.2) is 4.98 Å². The van der Waals surface area contributed by atoms with Gasteiger partial charge in [0.15, 0.2) is 5.78 Å². The highest BCUT2D eigenvalue weighted by Gasteiger charge is 2.09. The monoisotopic (exact) mass is 375 g/mol. The summed E-state index contributed by atoms with van der Waals surface area (Å²) in [5.74, 6) is 0.801. The number of allylic oxidation sites excluding steroid dienone is 1. The predicted molar refractivity (Wildman–Crippen MR) is 108 cm³/mol. The van der Waals surface area contributed by atoms with Gasteiger partial charge in [0.05, 0.1) is 12.8 Å². The van der Waals surface area contributed by atoms with Crippen LogP contribution in [0.15, 0.2) is 60.1 Å². The van der Waals surface area contributed by atoms with Crippen LogP contribution in [-0.4, -0.2) is 17.9 Å². The van der Waals surface area contributed by atoms with Crippen LogP contribution in [0.4, 0.5) is 5.69 Å². The van der Waals surface area contributed by atoms with Gasteiger partial charge in [-0.3, -0.25) is 4.79 Å². The highest BCUT2D eigenvalue weighted by Crippen LogP contribution is 2.27. The van der Waals surface area contributed by atoms with Gasteiger partial charge in [0.25, 0.3) is 0 Å². The van der Waals surface area contributed by atoms with Gasteiger partial charge in [-0.05, 0) is 55.5 Å². The number of thiazole rings is 1. The Morgan fingerprint density at radius 1 is 1.19 bits per heavy atom. The minimum absolute atomic E-state index is 0.0173. The number of aromatic nitrogens is 1. The molecule has 0 atom stereocenters. The number of hydrogen-bond donors (Lipinski definition) is 1. The molecular weight excluding hydrogens is 358 g/mol. The van der Waals surface area contributed by atoms with Crippen LogP contribution in [0.2, 0.25) is 0 Å². The van der Waals surface area contributed by atoms with Crippen molar-refractivity contribution in [3.8, 4) is 23.1 Å². The molecule has 0 unspecified atom stereocenters. The lowest BCUT2D eigenvalue weighted by atomic mass is 10.1. The van der Waals surface area contributed by atoms with Crippen LogP contribution < -0.4 is 10.1 Å². The molecular formula is C21H17N3O2S. The summed E-state index contributed by atoms with van der Waals surface area (Å²) in [5, 5.41) is 15.1. The van der Waals surface area contributed by atoms with Gasteiger partial charge in [-0.15, -0.1) is 11.3 Å². The molecule has 0 radical (unpaired) electrons. The van der Waals surface area contributed by atoms with Crippen LogP contribution in [0.1, 0.15) is 22.3 Å². The molecule has 27 heavy (non-hydrogen) atoms. The van der Waals surface area contributed by atoms with E-state index < -0.39 is 0 Å². The smallest absolute Gasteiger partial charge is 0.159 e. The van der Waals surface area contributed by atoms with Crippen molar-refractivity contribution >= 4 is 28.4 Å². The van der Waals surface area contributed by atoms with E-state index in [2.05, 4.69) is 16.4 Å². The van der Waals surface area contributed by atoms with Gasteiger partial charge < -0.3 is 10.1 Å². The molecule has 0 aliphatic rings. The fourth-order valence-electron chi connectivity index (χ4n) is 2.39. The molecule has 1 N–H and O–H groups in total. The third kappa shape index (κ3) is 4.40. The molecule has 3 aromatic rings. The average molecular weight is 375 g/mol. The van der Waals surface area contributed by atoms with E-state index in [9.17, 15) is 10.1 Å². The number of methoxy groups -OCH3 is 1. The molecule has 2 aromatic carbocycles. The number of Topliss-reactive ketones (excluding diaryl/α,β-unsaturated/α-hetero) is 1. The van der Waals surface area contributed by atoms with Crippen LogP contribution in [0.5, 0.6) is 5.75 Å². The molecule has 6 heteroatoms. The fourth-order valence-corrected chi connectivity index (χ4v) is 3.18. The van der Waals surface area contributed by atoms with Gasteiger partial charge in [-0.1, -0.05) is 0 Å². The Bertz CT molecular complexity index is 1010. The Kier molecular flexibility index (Phi) is 5.64. The van der Waals surface area contributed by atoms with Gasteiger partial charge in [0.1, 0.15) is 22.4 Å². The third-order valence-electron chi connectivity index (χ3n) is 3.92. The van der Waals surface area contributed by atoms with E-state index in [1.165, 1.54) is 18.3 Å². The third-order valence-corrected chi connectivity index (χ3v) is 4.79. The molecule has 5 nitrogen and oxygen atoms in total. The first-order chi connectivity index (χ1) is 13.1. The van der Waals surface area contributed by atoms with Gasteiger partial charge in [0, 0.05) is 28.4 Å². The summed E-state index contributed by atoms with van der Waals surface area (Å²) in [7, 11) is 1.63. The van der Waals surface area contributed by atoms with Gasteiger partial charge in [-0.2, -0.15) is 5.26 Å². The Balaban J connectivity index is 1.77. The molecule has 0 spiro atoms. The quantitative estimate of drug-likeness (QED) is 0.485. The number of anilines is 1. The van der Waals surface area contributed by atoms with E-state index in [1.807, 2.05) is 29.6 Å². The molecule has 0 saturated heterocycles. The first-order valence-electron chi connectivity index (χ1n) is 8.19. The predicted octanol–water partition coefficient (Wildman–Crippen LogP) is 5.00. The molecule has 1 aromatic heterocycles. The summed E-state index contributed by atoms with van der Waals surface area (Å²) >= 11 is 1.41. The summed E-state index contributed by atoms with van der Waals surface area (Å²) in [4.78, 5) is 15.9. The molecule has 0 amide bonds. The van der Waals surface area contributed by atoms with Crippen LogP contribution >= 0.6 is 11.3 Å². The standard InChI is InChI=1S/C21H17N3O2S/c1-14(25)15-3-7-18(8-4-15)23-12-17(11-22)21-24-20(13-27-21)16-5-9-19(26-2)10-6-16/h3-10,12-13,23H,1-2H3/b17-12+. The number of nitrogens with one attached hydrogen (secondary N) is 1. The number of ketones is 1. The van der Waals surface area contributed by atoms with E-state index in [0.717, 1.165) is 22.7 Å². The van der Waals surface area contributed by atoms with Crippen molar-refractivity contribution < 1.29 is 9.53 Å². The van der Waals surface area contributed by atoms with E-state index in [-0.39, 0.29) is 5.78 Å². The number of rotatable bonds is 6. The molecule has 0 aliphatic heterocycles. The number of hydrogen-bond acceptors (Lipinski definition) is 6. The van der Waals surface area contributed by atoms with Crippen molar-refractivity contribution in [2.75, 3.05) is 12.4 Å². The largest absolute Gasteiger partial charge is 0.497 e. The maximum absolute atomic E-state index is 11.3. The highest BCUT2D eigenvalue weighted by molar-refractivity contribution is 7.11. The number of ether oxygens (including phenoxy) is 1. The number of carbonyl (C=O) groups is 1. The zero-order valence-corrected chi connectivity index (χ0v) is 15.7. The van der Waals surface area contributed by atoms with E-state index in [1.54, 1.807) is 37.6 Å². The van der Waals surface area contributed by atoms with Crippen LogP contribution in [0, 0.1) is 11.3 Å². The van der Waals surface area contributed by atoms with E-state index in [0.29, 0.717) is 16.1 Å². The lowest BCUT2D eigenvalue weighted by Crippen LogP contribution is -1.94. The minimum atomic E-state index is 0.0173. The maximum atomic E-state index is 11.3. The number of carbonyl (C=O) groups excluding carboxylic acids is 1. The van der Waals surface area contributed by atoms with Crippen molar-refractivity contribution in [3.05, 3.63) is 70.7 Å². The molecule has 0 aliphatic carbocycles. The normalized spacial score (nSPS) is 10.9. The van der Waals surface area contributed by atoms with Crippen LogP contribution in [0.25, 0.3) is 16.8 Å². The van der Waals surface area contributed by atoms with Crippen molar-refractivity contribution in [1.29, 1.82) is 5.26 Å². The van der Waals surface area contributed by atoms with Crippen molar-refractivity contribution in [1.82, 2.24) is 4.98 Å². The maximum Gasteiger partial charge on any atom is 0.159 e. The van der Waals surface area contributed by atoms with Crippen LogP contribution in [-0.2, 0) is 0 Å². The van der Waals surface area contributed by atoms with Crippen molar-refractivity contribution in [2.24, 2.45) is 0 Å². The summed E-state index contributed by atoms with van der Waals surface area (Å²) < 4.78 is 5.16. The molecule has 0 fully saturated rings. The zero-order valence-electron chi connectivity index (χ0n) is 14.9. The van der Waals surface area contributed by atoms with Crippen molar-refractivity contribution in [3.63, 3.8) is 0 Å². The summed E-state index contributed by atoms with van der Waals surface area (Å²) in [6.07, 6.45) is 1.62. The van der Waals surface area contributed by atoms with Gasteiger partial charge >= 0.3 is 0 Å². The number of nitriles is 1.